The van der Waals surface area contributed by atoms with Crippen LogP contribution in [0.2, 0.25) is 0 Å². The predicted octanol–water partition coefficient (Wildman–Crippen LogP) is 4.90. The summed E-state index contributed by atoms with van der Waals surface area (Å²) >= 11 is 1.67. The number of carbonyl (C=O) groups excluding carboxylic acids is 3. The lowest BCUT2D eigenvalue weighted by molar-refractivity contribution is -0.149. The van der Waals surface area contributed by atoms with Crippen LogP contribution in [0.1, 0.15) is 66.4 Å². The standard InChI is InChI=1S/C34H49N3O4S/c1-9-18-35(20-24-14-12-11-13-15-24)29(39)26-25-16-17-34(42-25)27(26)30(40)37(23(3)21-38)28(34)31(41)36(19-10-2)33(7,8)22-32(4,5)6/h9-15,23,25-28,38H,1-2,16-22H2,3-8H3/t23-,25-,26+,27+,28?,34?/m1/s1. The first kappa shape index (κ1) is 32.3. The Bertz CT molecular complexity index is 1190. The van der Waals surface area contributed by atoms with Gasteiger partial charge in [0.2, 0.25) is 17.7 Å². The van der Waals surface area contributed by atoms with E-state index in [0.29, 0.717) is 26.1 Å². The third-order valence-corrected chi connectivity index (χ3v) is 11.1. The molecule has 0 saturated carbocycles. The normalized spacial score (nSPS) is 27.5. The Hall–Kier alpha value is -2.58. The average Bonchev–Trinajstić information content (AvgIpc) is 3.56. The van der Waals surface area contributed by atoms with Crippen LogP contribution in [0.25, 0.3) is 0 Å². The van der Waals surface area contributed by atoms with Gasteiger partial charge in [0.25, 0.3) is 0 Å². The maximum atomic E-state index is 14.8. The number of rotatable bonds is 12. The maximum Gasteiger partial charge on any atom is 0.247 e. The molecule has 0 radical (unpaired) electrons. The maximum absolute atomic E-state index is 14.8. The van der Waals surface area contributed by atoms with Crippen molar-refractivity contribution in [2.45, 2.75) is 95.0 Å². The molecule has 1 aromatic carbocycles. The number of carbonyl (C=O) groups is 3. The van der Waals surface area contributed by atoms with Gasteiger partial charge in [0.05, 0.1) is 29.2 Å². The molecule has 42 heavy (non-hydrogen) atoms. The van der Waals surface area contributed by atoms with Gasteiger partial charge < -0.3 is 19.8 Å². The van der Waals surface area contributed by atoms with E-state index in [9.17, 15) is 19.5 Å². The molecule has 230 valence electrons. The van der Waals surface area contributed by atoms with Gasteiger partial charge >= 0.3 is 0 Å². The highest BCUT2D eigenvalue weighted by molar-refractivity contribution is 8.02. The number of hydrogen-bond donors (Lipinski definition) is 1. The quantitative estimate of drug-likeness (QED) is 0.348. The second-order valence-electron chi connectivity index (χ2n) is 14.1. The molecule has 4 rings (SSSR count). The number of nitrogens with zero attached hydrogens (tertiary/aromatic N) is 3. The Morgan fingerprint density at radius 1 is 1.12 bits per heavy atom. The molecule has 8 heteroatoms. The van der Waals surface area contributed by atoms with Crippen molar-refractivity contribution < 1.29 is 19.5 Å². The molecule has 1 aromatic rings. The van der Waals surface area contributed by atoms with E-state index in [1.807, 2.05) is 35.2 Å². The van der Waals surface area contributed by atoms with Crippen molar-refractivity contribution in [3.05, 3.63) is 61.2 Å². The summed E-state index contributed by atoms with van der Waals surface area (Å²) in [5, 5.41) is 10.2. The first-order valence-electron chi connectivity index (χ1n) is 15.2. The molecule has 3 aliphatic heterocycles. The second kappa shape index (κ2) is 12.2. The Kier molecular flexibility index (Phi) is 9.39. The van der Waals surface area contributed by atoms with Gasteiger partial charge in [0, 0.05) is 30.4 Å². The molecule has 3 aliphatic rings. The Morgan fingerprint density at radius 3 is 2.33 bits per heavy atom. The molecule has 1 spiro atoms. The van der Waals surface area contributed by atoms with Crippen molar-refractivity contribution in [1.82, 2.24) is 14.7 Å². The summed E-state index contributed by atoms with van der Waals surface area (Å²) in [4.78, 5) is 48.8. The first-order chi connectivity index (χ1) is 19.7. The zero-order valence-corrected chi connectivity index (χ0v) is 27.0. The van der Waals surface area contributed by atoms with Gasteiger partial charge in [-0.05, 0) is 51.0 Å². The summed E-state index contributed by atoms with van der Waals surface area (Å²) in [7, 11) is 0. The fourth-order valence-corrected chi connectivity index (χ4v) is 10.1. The van der Waals surface area contributed by atoms with Crippen LogP contribution < -0.4 is 0 Å². The number of likely N-dealkylation sites (tertiary alicyclic amines) is 1. The topological polar surface area (TPSA) is 81.2 Å². The van der Waals surface area contributed by atoms with Gasteiger partial charge in [-0.2, -0.15) is 0 Å². The Morgan fingerprint density at radius 2 is 1.76 bits per heavy atom. The smallest absolute Gasteiger partial charge is 0.247 e. The number of fused-ring (bicyclic) bond motifs is 1. The van der Waals surface area contributed by atoms with Gasteiger partial charge in [-0.1, -0.05) is 63.3 Å². The molecule has 7 nitrogen and oxygen atoms in total. The fraction of sp³-hybridized carbons (Fsp3) is 0.618. The molecule has 0 aliphatic carbocycles. The minimum atomic E-state index is -0.758. The number of thioether (sulfide) groups is 1. The van der Waals surface area contributed by atoms with E-state index >= 15 is 0 Å². The number of amides is 3. The van der Waals surface area contributed by atoms with E-state index in [0.717, 1.165) is 18.4 Å². The molecule has 2 bridgehead atoms. The zero-order valence-electron chi connectivity index (χ0n) is 26.2. The molecular formula is C34H49N3O4S. The lowest BCUT2D eigenvalue weighted by atomic mass is 9.70. The minimum absolute atomic E-state index is 0.0287. The third-order valence-electron chi connectivity index (χ3n) is 9.14. The molecule has 3 amide bonds. The van der Waals surface area contributed by atoms with Gasteiger partial charge in [-0.25, -0.2) is 0 Å². The molecule has 3 fully saturated rings. The molecule has 1 N–H and O–H groups in total. The lowest BCUT2D eigenvalue weighted by Crippen LogP contribution is -2.61. The van der Waals surface area contributed by atoms with Crippen molar-refractivity contribution in [3.8, 4) is 0 Å². The van der Waals surface area contributed by atoms with Crippen molar-refractivity contribution in [3.63, 3.8) is 0 Å². The number of aliphatic hydroxyl groups excluding tert-OH is 1. The number of benzene rings is 1. The van der Waals surface area contributed by atoms with E-state index in [-0.39, 0.29) is 35.0 Å². The van der Waals surface area contributed by atoms with Gasteiger partial charge in [0.15, 0.2) is 0 Å². The van der Waals surface area contributed by atoms with Gasteiger partial charge in [-0.3, -0.25) is 14.4 Å². The summed E-state index contributed by atoms with van der Waals surface area (Å²) in [6, 6.07) is 8.54. The predicted molar refractivity (Wildman–Crippen MR) is 170 cm³/mol. The molecular weight excluding hydrogens is 546 g/mol. The van der Waals surface area contributed by atoms with Crippen LogP contribution in [0, 0.1) is 17.3 Å². The number of hydrogen-bond acceptors (Lipinski definition) is 5. The van der Waals surface area contributed by atoms with Crippen LogP contribution in [0.15, 0.2) is 55.6 Å². The van der Waals surface area contributed by atoms with E-state index in [1.54, 1.807) is 40.6 Å². The Labute approximate surface area is 256 Å². The van der Waals surface area contributed by atoms with Crippen LogP contribution in [0.5, 0.6) is 0 Å². The summed E-state index contributed by atoms with van der Waals surface area (Å²) in [5.74, 6) is -1.50. The monoisotopic (exact) mass is 595 g/mol. The highest BCUT2D eigenvalue weighted by atomic mass is 32.2. The minimum Gasteiger partial charge on any atom is -0.394 e. The highest BCUT2D eigenvalue weighted by Gasteiger charge is 2.74. The molecule has 3 saturated heterocycles. The zero-order chi connectivity index (χ0) is 31.0. The second-order valence-corrected chi connectivity index (χ2v) is 15.7. The number of aliphatic hydroxyl groups is 1. The van der Waals surface area contributed by atoms with Crippen molar-refractivity contribution >= 4 is 29.5 Å². The molecule has 2 unspecified atom stereocenters. The summed E-state index contributed by atoms with van der Waals surface area (Å²) in [6.45, 7) is 21.2. The average molecular weight is 596 g/mol. The van der Waals surface area contributed by atoms with E-state index in [4.69, 9.17) is 0 Å². The van der Waals surface area contributed by atoms with Crippen molar-refractivity contribution in [2.75, 3.05) is 19.7 Å². The van der Waals surface area contributed by atoms with Gasteiger partial charge in [0.1, 0.15) is 6.04 Å². The van der Waals surface area contributed by atoms with Crippen LogP contribution in [-0.4, -0.2) is 84.8 Å². The van der Waals surface area contributed by atoms with E-state index in [2.05, 4.69) is 47.8 Å². The molecule has 0 aromatic heterocycles. The van der Waals surface area contributed by atoms with Crippen LogP contribution >= 0.6 is 11.8 Å². The van der Waals surface area contributed by atoms with E-state index in [1.165, 1.54) is 0 Å². The van der Waals surface area contributed by atoms with E-state index < -0.39 is 34.2 Å². The van der Waals surface area contributed by atoms with Crippen molar-refractivity contribution in [2.24, 2.45) is 17.3 Å². The fourth-order valence-electron chi connectivity index (χ4n) is 7.92. The summed E-state index contributed by atoms with van der Waals surface area (Å²) in [5.41, 5.74) is 0.488. The summed E-state index contributed by atoms with van der Waals surface area (Å²) < 4.78 is -0.716. The highest BCUT2D eigenvalue weighted by Crippen LogP contribution is 2.67. The van der Waals surface area contributed by atoms with Crippen LogP contribution in [-0.2, 0) is 20.9 Å². The SMILES string of the molecule is C=CCN(Cc1ccccc1)C(=O)[C@@H]1[C@H]2C(=O)N([C@H](C)CO)C(C(=O)N(CC=C)C(C)(C)CC(C)(C)C)C23CC[C@H]1S3. The van der Waals surface area contributed by atoms with Crippen LogP contribution in [0.4, 0.5) is 0 Å². The van der Waals surface area contributed by atoms with Crippen LogP contribution in [0.3, 0.4) is 0 Å². The molecule has 6 atom stereocenters. The lowest BCUT2D eigenvalue weighted by Gasteiger charge is -2.46. The first-order valence-corrected chi connectivity index (χ1v) is 16.1. The van der Waals surface area contributed by atoms with Crippen molar-refractivity contribution in [1.29, 1.82) is 0 Å². The third kappa shape index (κ3) is 5.81. The van der Waals surface area contributed by atoms with Gasteiger partial charge in [-0.15, -0.1) is 24.9 Å². The Balaban J connectivity index is 1.75. The largest absolute Gasteiger partial charge is 0.394 e. The molecule has 3 heterocycles. The summed E-state index contributed by atoms with van der Waals surface area (Å²) in [6.07, 6.45) is 5.70.